The Morgan fingerprint density at radius 1 is 1.07 bits per heavy atom. The molecule has 0 spiro atoms. The number of fused-ring (bicyclic) bond motifs is 1. The Morgan fingerprint density at radius 2 is 1.96 bits per heavy atom. The van der Waals surface area contributed by atoms with Gasteiger partial charge >= 0.3 is 0 Å². The van der Waals surface area contributed by atoms with Crippen LogP contribution in [0.25, 0.3) is 22.2 Å². The van der Waals surface area contributed by atoms with Crippen molar-refractivity contribution in [3.8, 4) is 11.3 Å². The van der Waals surface area contributed by atoms with Crippen molar-refractivity contribution >= 4 is 32.7 Å². The number of nitrogens with one attached hydrogen (secondary N) is 1. The van der Waals surface area contributed by atoms with Gasteiger partial charge in [-0.3, -0.25) is 9.78 Å². The molecule has 0 atom stereocenters. The lowest BCUT2D eigenvalue weighted by atomic mass is 10.0. The first-order valence-corrected chi connectivity index (χ1v) is 9.74. The van der Waals surface area contributed by atoms with Gasteiger partial charge < -0.3 is 5.32 Å². The molecule has 0 saturated heterocycles. The highest BCUT2D eigenvalue weighted by molar-refractivity contribution is 9.10. The van der Waals surface area contributed by atoms with Gasteiger partial charge in [-0.25, -0.2) is 4.98 Å². The Morgan fingerprint density at radius 3 is 2.75 bits per heavy atom. The molecule has 0 unspecified atom stereocenters. The summed E-state index contributed by atoms with van der Waals surface area (Å²) in [5.41, 5.74) is 5.20. The maximum absolute atomic E-state index is 13.0. The van der Waals surface area contributed by atoms with Crippen LogP contribution in [-0.2, 0) is 6.54 Å². The van der Waals surface area contributed by atoms with Crippen LogP contribution in [-0.4, -0.2) is 15.9 Å². The van der Waals surface area contributed by atoms with E-state index in [-0.39, 0.29) is 5.91 Å². The van der Waals surface area contributed by atoms with Crippen LogP contribution < -0.4 is 5.32 Å². The first kappa shape index (κ1) is 18.3. The van der Waals surface area contributed by atoms with E-state index < -0.39 is 0 Å². The van der Waals surface area contributed by atoms with E-state index in [0.29, 0.717) is 12.1 Å². The van der Waals surface area contributed by atoms with Crippen molar-refractivity contribution in [1.82, 2.24) is 15.3 Å². The number of carbonyl (C=O) groups is 1. The molecular formula is C23H18BrN3O. The second-order valence-electron chi connectivity index (χ2n) is 6.63. The van der Waals surface area contributed by atoms with Gasteiger partial charge in [0.2, 0.25) is 0 Å². The number of benzene rings is 2. The zero-order valence-electron chi connectivity index (χ0n) is 15.3. The van der Waals surface area contributed by atoms with Crippen LogP contribution in [0.2, 0.25) is 0 Å². The van der Waals surface area contributed by atoms with E-state index >= 15 is 0 Å². The highest BCUT2D eigenvalue weighted by atomic mass is 79.9. The number of rotatable bonds is 4. The van der Waals surface area contributed by atoms with Crippen molar-refractivity contribution in [3.05, 3.63) is 94.2 Å². The number of hydrogen-bond acceptors (Lipinski definition) is 3. The third-order valence-corrected chi connectivity index (χ3v) is 5.00. The summed E-state index contributed by atoms with van der Waals surface area (Å²) in [6.07, 6.45) is 3.47. The van der Waals surface area contributed by atoms with Crippen LogP contribution in [0.5, 0.6) is 0 Å². The second kappa shape index (κ2) is 7.90. The van der Waals surface area contributed by atoms with Crippen LogP contribution >= 0.6 is 15.9 Å². The minimum Gasteiger partial charge on any atom is -0.348 e. The summed E-state index contributed by atoms with van der Waals surface area (Å²) in [7, 11) is 0. The molecule has 0 radical (unpaired) electrons. The van der Waals surface area contributed by atoms with Gasteiger partial charge in [0.05, 0.1) is 16.8 Å². The molecule has 0 aliphatic heterocycles. The highest BCUT2D eigenvalue weighted by Crippen LogP contribution is 2.27. The fourth-order valence-corrected chi connectivity index (χ4v) is 3.51. The number of amides is 1. The average Bonchev–Trinajstić information content (AvgIpc) is 2.72. The van der Waals surface area contributed by atoms with Gasteiger partial charge in [0.1, 0.15) is 0 Å². The molecule has 28 heavy (non-hydrogen) atoms. The maximum atomic E-state index is 13.0. The number of pyridine rings is 2. The zero-order chi connectivity index (χ0) is 19.5. The lowest BCUT2D eigenvalue weighted by Crippen LogP contribution is -2.23. The molecule has 4 rings (SSSR count). The third-order valence-electron chi connectivity index (χ3n) is 4.51. The van der Waals surface area contributed by atoms with E-state index in [0.717, 1.165) is 32.2 Å². The van der Waals surface area contributed by atoms with Gasteiger partial charge in [0.25, 0.3) is 5.91 Å². The molecule has 4 nitrogen and oxygen atoms in total. The minimum atomic E-state index is -0.128. The van der Waals surface area contributed by atoms with Gasteiger partial charge in [0, 0.05) is 34.4 Å². The van der Waals surface area contributed by atoms with Crippen molar-refractivity contribution in [2.24, 2.45) is 0 Å². The summed E-state index contributed by atoms with van der Waals surface area (Å²) in [5.74, 6) is -0.128. The summed E-state index contributed by atoms with van der Waals surface area (Å²) in [5, 5.41) is 3.84. The quantitative estimate of drug-likeness (QED) is 0.476. The predicted molar refractivity (Wildman–Crippen MR) is 115 cm³/mol. The van der Waals surface area contributed by atoms with Crippen LogP contribution in [0.4, 0.5) is 0 Å². The van der Waals surface area contributed by atoms with Crippen molar-refractivity contribution in [3.63, 3.8) is 0 Å². The molecule has 2 aromatic carbocycles. The van der Waals surface area contributed by atoms with Crippen LogP contribution in [0.3, 0.4) is 0 Å². The van der Waals surface area contributed by atoms with Gasteiger partial charge in [0.15, 0.2) is 0 Å². The van der Waals surface area contributed by atoms with Gasteiger partial charge in [-0.15, -0.1) is 0 Å². The largest absolute Gasteiger partial charge is 0.348 e. The molecule has 4 aromatic rings. The summed E-state index contributed by atoms with van der Waals surface area (Å²) >= 11 is 3.49. The van der Waals surface area contributed by atoms with Crippen molar-refractivity contribution in [2.45, 2.75) is 13.5 Å². The van der Waals surface area contributed by atoms with Crippen molar-refractivity contribution in [1.29, 1.82) is 0 Å². The van der Waals surface area contributed by atoms with E-state index in [2.05, 4.69) is 32.3 Å². The topological polar surface area (TPSA) is 54.9 Å². The van der Waals surface area contributed by atoms with E-state index in [9.17, 15) is 4.79 Å². The first-order valence-electron chi connectivity index (χ1n) is 8.94. The molecule has 0 bridgehead atoms. The second-order valence-corrected chi connectivity index (χ2v) is 7.55. The number of carbonyl (C=O) groups excluding carboxylic acids is 1. The predicted octanol–water partition coefficient (Wildman–Crippen LogP) is 5.30. The number of nitrogens with zero attached hydrogens (tertiary/aromatic N) is 2. The van der Waals surface area contributed by atoms with Gasteiger partial charge in [-0.05, 0) is 48.9 Å². The zero-order valence-corrected chi connectivity index (χ0v) is 16.9. The number of aromatic nitrogens is 2. The molecule has 0 aliphatic carbocycles. The van der Waals surface area contributed by atoms with E-state index in [1.54, 1.807) is 12.4 Å². The van der Waals surface area contributed by atoms with E-state index in [1.165, 1.54) is 5.56 Å². The number of halogens is 1. The van der Waals surface area contributed by atoms with Gasteiger partial charge in [-0.1, -0.05) is 45.8 Å². The summed E-state index contributed by atoms with van der Waals surface area (Å²) in [6.45, 7) is 2.51. The summed E-state index contributed by atoms with van der Waals surface area (Å²) in [6, 6.07) is 19.5. The molecule has 138 valence electrons. The first-order chi connectivity index (χ1) is 13.6. The summed E-state index contributed by atoms with van der Waals surface area (Å²) < 4.78 is 0.906. The number of aryl methyl sites for hydroxylation is 1. The van der Waals surface area contributed by atoms with Crippen molar-refractivity contribution < 1.29 is 4.79 Å². The molecule has 5 heteroatoms. The molecular weight excluding hydrogens is 414 g/mol. The molecule has 0 fully saturated rings. The maximum Gasteiger partial charge on any atom is 0.252 e. The SMILES string of the molecule is Cc1cccc(CNC(=O)c2cc(-c3cccnc3)nc3ccc(Br)cc23)c1. The van der Waals surface area contributed by atoms with E-state index in [4.69, 9.17) is 4.98 Å². The van der Waals surface area contributed by atoms with Crippen LogP contribution in [0.1, 0.15) is 21.5 Å². The van der Waals surface area contributed by atoms with Crippen LogP contribution in [0, 0.1) is 6.92 Å². The fourth-order valence-electron chi connectivity index (χ4n) is 3.15. The molecule has 0 saturated carbocycles. The Balaban J connectivity index is 1.73. The lowest BCUT2D eigenvalue weighted by molar-refractivity contribution is 0.0952. The minimum absolute atomic E-state index is 0.128. The Bertz CT molecular complexity index is 1160. The van der Waals surface area contributed by atoms with Crippen molar-refractivity contribution in [2.75, 3.05) is 0 Å². The molecule has 1 amide bonds. The highest BCUT2D eigenvalue weighted by Gasteiger charge is 2.14. The molecule has 2 heterocycles. The van der Waals surface area contributed by atoms with Gasteiger partial charge in [-0.2, -0.15) is 0 Å². The molecule has 2 aromatic heterocycles. The Labute approximate surface area is 171 Å². The lowest BCUT2D eigenvalue weighted by Gasteiger charge is -2.11. The molecule has 1 N–H and O–H groups in total. The summed E-state index contributed by atoms with van der Waals surface area (Å²) in [4.78, 5) is 21.9. The monoisotopic (exact) mass is 431 g/mol. The standard InChI is InChI=1S/C23H18BrN3O/c1-15-4-2-5-16(10-15)13-26-23(28)20-12-22(17-6-3-9-25-14-17)27-21-8-7-18(24)11-19(20)21/h2-12,14H,13H2,1H3,(H,26,28). The average molecular weight is 432 g/mol. The fraction of sp³-hybridized carbons (Fsp3) is 0.0870. The Kier molecular flexibility index (Phi) is 5.17. The number of hydrogen-bond donors (Lipinski definition) is 1. The third kappa shape index (κ3) is 3.94. The van der Waals surface area contributed by atoms with Crippen LogP contribution in [0.15, 0.2) is 77.5 Å². The van der Waals surface area contributed by atoms with E-state index in [1.807, 2.05) is 61.5 Å². The Hall–Kier alpha value is -3.05. The molecule has 0 aliphatic rings. The smallest absolute Gasteiger partial charge is 0.252 e. The normalized spacial score (nSPS) is 10.8.